The fourth-order valence-electron chi connectivity index (χ4n) is 6.03. The van der Waals surface area contributed by atoms with E-state index >= 15 is 0 Å². The number of aromatic nitrogens is 2. The van der Waals surface area contributed by atoms with Gasteiger partial charge in [0.1, 0.15) is 0 Å². The molecule has 0 bridgehead atoms. The quantitative estimate of drug-likeness (QED) is 0.241. The van der Waals surface area contributed by atoms with Crippen molar-refractivity contribution in [1.29, 1.82) is 0 Å². The Balaban J connectivity index is 1.33. The van der Waals surface area contributed by atoms with E-state index in [9.17, 15) is 0 Å². The number of hydrogen-bond acceptors (Lipinski definition) is 2. The Morgan fingerprint density at radius 2 is 0.821 bits per heavy atom. The Morgan fingerprint density at radius 3 is 1.23 bits per heavy atom. The zero-order valence-electron chi connectivity index (χ0n) is 22.1. The SMILES string of the molecule is CC1(C)c2cc(-c3ccccc3-c3ccccn3)ccc2-c2ccc(-c3ccccc3-c3ccccn3)cc21. The minimum Gasteiger partial charge on any atom is -0.256 e. The molecule has 1 aliphatic carbocycles. The summed E-state index contributed by atoms with van der Waals surface area (Å²) in [5, 5.41) is 0. The number of fused-ring (bicyclic) bond motifs is 3. The van der Waals surface area contributed by atoms with Crippen molar-refractivity contribution in [2.75, 3.05) is 0 Å². The number of hydrogen-bond donors (Lipinski definition) is 0. The van der Waals surface area contributed by atoms with Gasteiger partial charge in [-0.25, -0.2) is 0 Å². The molecule has 4 aromatic carbocycles. The highest BCUT2D eigenvalue weighted by Crippen LogP contribution is 2.51. The Morgan fingerprint density at radius 1 is 0.410 bits per heavy atom. The molecule has 0 saturated heterocycles. The van der Waals surface area contributed by atoms with E-state index in [-0.39, 0.29) is 5.41 Å². The lowest BCUT2D eigenvalue weighted by Gasteiger charge is -2.23. The van der Waals surface area contributed by atoms with Gasteiger partial charge in [0.15, 0.2) is 0 Å². The van der Waals surface area contributed by atoms with Crippen LogP contribution in [-0.4, -0.2) is 9.97 Å². The van der Waals surface area contributed by atoms with Gasteiger partial charge < -0.3 is 0 Å². The van der Waals surface area contributed by atoms with Gasteiger partial charge >= 0.3 is 0 Å². The highest BCUT2D eigenvalue weighted by atomic mass is 14.7. The molecule has 2 aromatic heterocycles. The second-order valence-corrected chi connectivity index (χ2v) is 10.7. The maximum Gasteiger partial charge on any atom is 0.0708 e. The Hall–Kier alpha value is -4.82. The zero-order valence-corrected chi connectivity index (χ0v) is 22.1. The van der Waals surface area contributed by atoms with Gasteiger partial charge in [-0.2, -0.15) is 0 Å². The van der Waals surface area contributed by atoms with Crippen LogP contribution in [0.1, 0.15) is 25.0 Å². The summed E-state index contributed by atoms with van der Waals surface area (Å²) in [6.07, 6.45) is 3.72. The first-order valence-electron chi connectivity index (χ1n) is 13.4. The van der Waals surface area contributed by atoms with Crippen LogP contribution in [0.3, 0.4) is 0 Å². The number of rotatable bonds is 4. The fourth-order valence-corrected chi connectivity index (χ4v) is 6.03. The maximum atomic E-state index is 4.63. The van der Waals surface area contributed by atoms with Gasteiger partial charge in [0.25, 0.3) is 0 Å². The van der Waals surface area contributed by atoms with Crippen molar-refractivity contribution in [3.8, 4) is 55.9 Å². The van der Waals surface area contributed by atoms with E-state index in [0.717, 1.165) is 22.5 Å². The lowest BCUT2D eigenvalue weighted by molar-refractivity contribution is 0.661. The Bertz CT molecular complexity index is 1680. The summed E-state index contributed by atoms with van der Waals surface area (Å²) in [6, 6.07) is 43.2. The summed E-state index contributed by atoms with van der Waals surface area (Å²) in [4.78, 5) is 9.26. The van der Waals surface area contributed by atoms with E-state index in [4.69, 9.17) is 0 Å². The summed E-state index contributed by atoms with van der Waals surface area (Å²) in [5.74, 6) is 0. The predicted octanol–water partition coefficient (Wildman–Crippen LogP) is 9.45. The molecule has 0 radical (unpaired) electrons. The van der Waals surface area contributed by atoms with Crippen LogP contribution in [0, 0.1) is 0 Å². The molecular formula is C37H28N2. The molecule has 6 aromatic rings. The summed E-state index contributed by atoms with van der Waals surface area (Å²) in [6.45, 7) is 4.70. The van der Waals surface area contributed by atoms with Gasteiger partial charge in [0.2, 0.25) is 0 Å². The molecule has 0 amide bonds. The normalized spacial score (nSPS) is 13.1. The van der Waals surface area contributed by atoms with Crippen molar-refractivity contribution in [3.05, 3.63) is 145 Å². The predicted molar refractivity (Wildman–Crippen MR) is 161 cm³/mol. The van der Waals surface area contributed by atoms with E-state index in [1.807, 2.05) is 36.7 Å². The average molecular weight is 501 g/mol. The van der Waals surface area contributed by atoms with Crippen molar-refractivity contribution in [2.24, 2.45) is 0 Å². The van der Waals surface area contributed by atoms with Crippen LogP contribution in [0.2, 0.25) is 0 Å². The van der Waals surface area contributed by atoms with Crippen LogP contribution in [0.5, 0.6) is 0 Å². The summed E-state index contributed by atoms with van der Waals surface area (Å²) in [5.41, 5.74) is 14.4. The molecule has 39 heavy (non-hydrogen) atoms. The lowest BCUT2D eigenvalue weighted by atomic mass is 9.80. The van der Waals surface area contributed by atoms with Crippen LogP contribution in [0.25, 0.3) is 55.9 Å². The van der Waals surface area contributed by atoms with Crippen molar-refractivity contribution in [3.63, 3.8) is 0 Å². The molecule has 0 spiro atoms. The number of pyridine rings is 2. The van der Waals surface area contributed by atoms with Gasteiger partial charge in [-0.15, -0.1) is 0 Å². The third-order valence-electron chi connectivity index (χ3n) is 8.03. The first kappa shape index (κ1) is 23.3. The standard InChI is InChI=1S/C37H28N2/c1-37(2)33-23-25(27-11-3-5-13-31(27)35-15-7-9-21-38-35)17-19-29(33)30-20-18-26(24-34(30)37)28-12-4-6-14-32(28)36-16-8-10-22-39-36/h3-24H,1-2H3. The van der Waals surface area contributed by atoms with E-state index in [0.29, 0.717) is 0 Å². The van der Waals surface area contributed by atoms with Crippen molar-refractivity contribution in [1.82, 2.24) is 9.97 Å². The van der Waals surface area contributed by atoms with Crippen molar-refractivity contribution in [2.45, 2.75) is 19.3 Å². The topological polar surface area (TPSA) is 25.8 Å². The molecule has 0 atom stereocenters. The molecule has 2 heteroatoms. The van der Waals surface area contributed by atoms with Crippen LogP contribution in [-0.2, 0) is 5.41 Å². The first-order chi connectivity index (χ1) is 19.1. The number of nitrogens with zero attached hydrogens (tertiary/aromatic N) is 2. The molecule has 0 aliphatic heterocycles. The molecular weight excluding hydrogens is 472 g/mol. The minimum absolute atomic E-state index is 0.128. The Kier molecular flexibility index (Phi) is 5.49. The molecule has 0 fully saturated rings. The molecule has 0 N–H and O–H groups in total. The highest BCUT2D eigenvalue weighted by molar-refractivity contribution is 5.90. The van der Waals surface area contributed by atoms with Gasteiger partial charge in [0.05, 0.1) is 11.4 Å². The summed E-state index contributed by atoms with van der Waals surface area (Å²) >= 11 is 0. The van der Waals surface area contributed by atoms with Crippen LogP contribution >= 0.6 is 0 Å². The molecule has 2 heterocycles. The summed E-state index contributed by atoms with van der Waals surface area (Å²) in [7, 11) is 0. The second kappa shape index (κ2) is 9.18. The monoisotopic (exact) mass is 500 g/mol. The van der Waals surface area contributed by atoms with Gasteiger partial charge in [-0.3, -0.25) is 9.97 Å². The number of benzene rings is 4. The third-order valence-corrected chi connectivity index (χ3v) is 8.03. The molecule has 0 unspecified atom stereocenters. The van der Waals surface area contributed by atoms with Crippen LogP contribution in [0.4, 0.5) is 0 Å². The molecule has 7 rings (SSSR count). The van der Waals surface area contributed by atoms with Crippen LogP contribution < -0.4 is 0 Å². The summed E-state index contributed by atoms with van der Waals surface area (Å²) < 4.78 is 0. The minimum atomic E-state index is -0.128. The highest BCUT2D eigenvalue weighted by Gasteiger charge is 2.36. The molecule has 1 aliphatic rings. The van der Waals surface area contributed by atoms with Gasteiger partial charge in [0, 0.05) is 28.9 Å². The van der Waals surface area contributed by atoms with Crippen molar-refractivity contribution < 1.29 is 0 Å². The van der Waals surface area contributed by atoms with Gasteiger partial charge in [-0.1, -0.05) is 98.8 Å². The van der Waals surface area contributed by atoms with E-state index in [2.05, 4.69) is 121 Å². The first-order valence-corrected chi connectivity index (χ1v) is 13.4. The van der Waals surface area contributed by atoms with E-state index < -0.39 is 0 Å². The second-order valence-electron chi connectivity index (χ2n) is 10.7. The molecule has 2 nitrogen and oxygen atoms in total. The maximum absolute atomic E-state index is 4.63. The lowest BCUT2D eigenvalue weighted by Crippen LogP contribution is -2.15. The van der Waals surface area contributed by atoms with Crippen molar-refractivity contribution >= 4 is 0 Å². The van der Waals surface area contributed by atoms with Gasteiger partial charge in [-0.05, 0) is 80.9 Å². The van der Waals surface area contributed by atoms with E-state index in [1.54, 1.807) is 0 Å². The average Bonchev–Trinajstić information content (AvgIpc) is 3.23. The molecule has 186 valence electrons. The Labute approximate surface area is 229 Å². The van der Waals surface area contributed by atoms with Crippen LogP contribution in [0.15, 0.2) is 134 Å². The molecule has 0 saturated carbocycles. The third kappa shape index (κ3) is 3.88. The smallest absolute Gasteiger partial charge is 0.0708 e. The fraction of sp³-hybridized carbons (Fsp3) is 0.0811. The largest absolute Gasteiger partial charge is 0.256 e. The van der Waals surface area contributed by atoms with E-state index in [1.165, 1.54) is 44.5 Å². The zero-order chi connectivity index (χ0) is 26.4.